The molecule has 4 atom stereocenters. The first kappa shape index (κ1) is 23.0. The van der Waals surface area contributed by atoms with Gasteiger partial charge in [-0.1, -0.05) is 54.1 Å². The summed E-state index contributed by atoms with van der Waals surface area (Å²) in [4.78, 5) is 45.3. The van der Waals surface area contributed by atoms with Gasteiger partial charge in [-0.3, -0.25) is 19.7 Å². The Morgan fingerprint density at radius 3 is 2.41 bits per heavy atom. The number of phenols is 1. The minimum absolute atomic E-state index is 0.0294. The number of nitrogens with one attached hydrogen (secondary N) is 2. The van der Waals surface area contributed by atoms with Crippen LogP contribution in [0.2, 0.25) is 0 Å². The molecule has 2 aliphatic heterocycles. The number of para-hydroxylation sites is 2. The van der Waals surface area contributed by atoms with E-state index in [1.54, 1.807) is 48.7 Å². The quantitative estimate of drug-likeness (QED) is 0.313. The molecule has 4 N–H and O–H groups in total. The molecule has 0 radical (unpaired) electrons. The summed E-state index contributed by atoms with van der Waals surface area (Å²) in [5.74, 6) is -4.53. The lowest BCUT2D eigenvalue weighted by Gasteiger charge is -2.31. The van der Waals surface area contributed by atoms with Crippen LogP contribution < -0.4 is 10.2 Å². The molecule has 0 saturated carbocycles. The van der Waals surface area contributed by atoms with Crippen molar-refractivity contribution >= 4 is 34.4 Å². The van der Waals surface area contributed by atoms with E-state index in [9.17, 15) is 24.6 Å². The highest BCUT2D eigenvalue weighted by molar-refractivity contribution is 6.24. The maximum absolute atomic E-state index is 14.0. The normalized spacial score (nSPS) is 25.1. The van der Waals surface area contributed by atoms with Gasteiger partial charge >= 0.3 is 5.97 Å². The van der Waals surface area contributed by atoms with E-state index >= 15 is 0 Å². The number of aromatic nitrogens is 1. The van der Waals surface area contributed by atoms with E-state index in [1.165, 1.54) is 6.07 Å². The number of fused-ring (bicyclic) bond motifs is 2. The van der Waals surface area contributed by atoms with Gasteiger partial charge in [-0.15, -0.1) is 0 Å². The van der Waals surface area contributed by atoms with Gasteiger partial charge in [-0.25, -0.2) is 4.90 Å². The van der Waals surface area contributed by atoms with Crippen molar-refractivity contribution in [2.45, 2.75) is 24.9 Å². The van der Waals surface area contributed by atoms with Crippen molar-refractivity contribution in [3.63, 3.8) is 0 Å². The van der Waals surface area contributed by atoms with Crippen molar-refractivity contribution in [1.82, 2.24) is 10.3 Å². The van der Waals surface area contributed by atoms with Crippen LogP contribution in [0.15, 0.2) is 79.0 Å². The first-order valence-electron chi connectivity index (χ1n) is 12.1. The Balaban J connectivity index is 1.52. The Hall–Kier alpha value is -4.43. The molecular formula is C29H25N3O5. The number of carboxylic acid groups (broad SMARTS) is 1. The SMILES string of the molecule is Cc1ccc(N2C(=O)[C@@H]3[C@@H](c4ccccc4O)N[C@](Cc4c[nH]c5ccccc45)(C(=O)O)[C@H]3C2=O)cc1. The Bertz CT molecular complexity index is 1560. The van der Waals surface area contributed by atoms with Crippen LogP contribution in [0.4, 0.5) is 5.69 Å². The molecule has 3 heterocycles. The van der Waals surface area contributed by atoms with Gasteiger partial charge in [0.05, 0.1) is 17.5 Å². The lowest BCUT2D eigenvalue weighted by molar-refractivity contribution is -0.148. The topological polar surface area (TPSA) is 123 Å². The van der Waals surface area contributed by atoms with Crippen LogP contribution in [0.5, 0.6) is 5.75 Å². The first-order chi connectivity index (χ1) is 17.8. The van der Waals surface area contributed by atoms with Crippen LogP contribution in [0.3, 0.4) is 0 Å². The maximum atomic E-state index is 14.0. The minimum Gasteiger partial charge on any atom is -0.508 e. The summed E-state index contributed by atoms with van der Waals surface area (Å²) in [7, 11) is 0. The fraction of sp³-hybridized carbons (Fsp3) is 0.207. The molecule has 8 nitrogen and oxygen atoms in total. The van der Waals surface area contributed by atoms with Crippen LogP contribution in [-0.4, -0.2) is 38.5 Å². The van der Waals surface area contributed by atoms with Crippen LogP contribution in [0, 0.1) is 18.8 Å². The number of amides is 2. The van der Waals surface area contributed by atoms with Gasteiger partial charge in [0.2, 0.25) is 11.8 Å². The van der Waals surface area contributed by atoms with Crippen molar-refractivity contribution in [3.8, 4) is 5.75 Å². The maximum Gasteiger partial charge on any atom is 0.325 e. The molecule has 0 unspecified atom stereocenters. The molecule has 1 aromatic heterocycles. The number of carbonyl (C=O) groups is 3. The second-order valence-corrected chi connectivity index (χ2v) is 9.84. The number of phenolic OH excluding ortho intramolecular Hbond substituents is 1. The lowest BCUT2D eigenvalue weighted by Crippen LogP contribution is -2.57. The number of aromatic hydroxyl groups is 1. The molecule has 8 heteroatoms. The number of nitrogens with zero attached hydrogens (tertiary/aromatic N) is 1. The van der Waals surface area contributed by atoms with Crippen molar-refractivity contribution in [3.05, 3.63) is 95.7 Å². The molecule has 6 rings (SSSR count). The van der Waals surface area contributed by atoms with E-state index in [0.717, 1.165) is 26.9 Å². The minimum atomic E-state index is -1.78. The predicted molar refractivity (Wildman–Crippen MR) is 137 cm³/mol. The molecule has 2 aliphatic rings. The summed E-state index contributed by atoms with van der Waals surface area (Å²) < 4.78 is 0. The first-order valence-corrected chi connectivity index (χ1v) is 12.1. The van der Waals surface area contributed by atoms with Crippen molar-refractivity contribution in [1.29, 1.82) is 0 Å². The summed E-state index contributed by atoms with van der Waals surface area (Å²) in [6, 6.07) is 20.2. The van der Waals surface area contributed by atoms with Gasteiger partial charge < -0.3 is 15.2 Å². The van der Waals surface area contributed by atoms with E-state index in [4.69, 9.17) is 0 Å². The molecule has 186 valence electrons. The largest absolute Gasteiger partial charge is 0.508 e. The highest BCUT2D eigenvalue weighted by atomic mass is 16.4. The summed E-state index contributed by atoms with van der Waals surface area (Å²) >= 11 is 0. The number of hydrogen-bond donors (Lipinski definition) is 4. The number of H-pyrrole nitrogens is 1. The van der Waals surface area contributed by atoms with Gasteiger partial charge in [-0.2, -0.15) is 0 Å². The molecular weight excluding hydrogens is 470 g/mol. The van der Waals surface area contributed by atoms with E-state index in [0.29, 0.717) is 11.3 Å². The molecule has 2 fully saturated rings. The summed E-state index contributed by atoms with van der Waals surface area (Å²) in [6.07, 6.45) is 1.72. The molecule has 0 bridgehead atoms. The summed E-state index contributed by atoms with van der Waals surface area (Å²) in [6.45, 7) is 1.90. The Labute approximate surface area is 212 Å². The molecule has 0 spiro atoms. The number of carbonyl (C=O) groups excluding carboxylic acids is 2. The van der Waals surface area contributed by atoms with Crippen LogP contribution in [-0.2, 0) is 20.8 Å². The van der Waals surface area contributed by atoms with Crippen LogP contribution in [0.25, 0.3) is 10.9 Å². The summed E-state index contributed by atoms with van der Waals surface area (Å²) in [5.41, 5.74) is 1.53. The fourth-order valence-corrected chi connectivity index (χ4v) is 5.98. The molecule has 37 heavy (non-hydrogen) atoms. The average Bonchev–Trinajstić information content (AvgIpc) is 3.53. The molecule has 2 saturated heterocycles. The van der Waals surface area contributed by atoms with Crippen LogP contribution in [0.1, 0.15) is 22.7 Å². The van der Waals surface area contributed by atoms with Crippen molar-refractivity contribution in [2.75, 3.05) is 4.90 Å². The monoisotopic (exact) mass is 495 g/mol. The average molecular weight is 496 g/mol. The van der Waals surface area contributed by atoms with E-state index in [2.05, 4.69) is 10.3 Å². The van der Waals surface area contributed by atoms with Gasteiger partial charge in [-0.05, 0) is 36.8 Å². The highest BCUT2D eigenvalue weighted by Gasteiger charge is 2.69. The van der Waals surface area contributed by atoms with Crippen molar-refractivity contribution < 1.29 is 24.6 Å². The molecule has 4 aromatic rings. The van der Waals surface area contributed by atoms with Gasteiger partial charge in [0.15, 0.2) is 0 Å². The van der Waals surface area contributed by atoms with Gasteiger partial charge in [0.25, 0.3) is 0 Å². The Morgan fingerprint density at radius 1 is 0.973 bits per heavy atom. The Morgan fingerprint density at radius 2 is 1.68 bits per heavy atom. The van der Waals surface area contributed by atoms with Gasteiger partial charge in [0.1, 0.15) is 11.3 Å². The number of anilines is 1. The lowest BCUT2D eigenvalue weighted by atomic mass is 9.76. The molecule has 2 amide bonds. The summed E-state index contributed by atoms with van der Waals surface area (Å²) in [5, 5.41) is 25.4. The zero-order valence-corrected chi connectivity index (χ0v) is 20.0. The van der Waals surface area contributed by atoms with Crippen molar-refractivity contribution in [2.24, 2.45) is 11.8 Å². The number of rotatable bonds is 5. The molecule has 3 aromatic carbocycles. The highest BCUT2D eigenvalue weighted by Crippen LogP contribution is 2.52. The van der Waals surface area contributed by atoms with E-state index in [-0.39, 0.29) is 12.2 Å². The third-order valence-electron chi connectivity index (χ3n) is 7.74. The standard InChI is InChI=1S/C29H25N3O5/c1-16-10-12-18(13-11-16)32-26(34)23-24(27(32)35)29(28(36)37,31-25(23)20-7-3-5-9-22(20)33)14-17-15-30-21-8-4-2-6-19(17)21/h2-13,15,23-25,30-31,33H,14H2,1H3,(H,36,37)/t23-,24+,25+,29-/m0/s1. The Kier molecular flexibility index (Phi) is 5.17. The van der Waals surface area contributed by atoms with E-state index < -0.39 is 41.2 Å². The number of carboxylic acids is 1. The second kappa shape index (κ2) is 8.31. The number of benzene rings is 3. The third kappa shape index (κ3) is 3.37. The number of aromatic amines is 1. The van der Waals surface area contributed by atoms with Crippen LogP contribution >= 0.6 is 0 Å². The molecule has 0 aliphatic carbocycles. The third-order valence-corrected chi connectivity index (χ3v) is 7.74. The zero-order valence-electron chi connectivity index (χ0n) is 20.0. The smallest absolute Gasteiger partial charge is 0.325 e. The van der Waals surface area contributed by atoms with Gasteiger partial charge in [0, 0.05) is 35.1 Å². The zero-order chi connectivity index (χ0) is 25.9. The number of imide groups is 1. The number of aryl methyl sites for hydroxylation is 1. The fourth-order valence-electron chi connectivity index (χ4n) is 5.98. The number of hydrogen-bond acceptors (Lipinski definition) is 5. The second-order valence-electron chi connectivity index (χ2n) is 9.84. The predicted octanol–water partition coefficient (Wildman–Crippen LogP) is 3.70. The number of aliphatic carboxylic acids is 1. The van der Waals surface area contributed by atoms with E-state index in [1.807, 2.05) is 31.2 Å².